The fraction of sp³-hybridized carbons (Fsp3) is 0.500. The topological polar surface area (TPSA) is 70.4 Å². The molecular formula is C14H15F3N2O4S. The molecule has 24 heavy (non-hydrogen) atoms. The molecule has 0 amide bonds. The van der Waals surface area contributed by atoms with Crippen molar-refractivity contribution >= 4 is 21.2 Å². The van der Waals surface area contributed by atoms with Crippen molar-refractivity contribution in [1.82, 2.24) is 9.55 Å². The zero-order chi connectivity index (χ0) is 17.5. The Bertz CT molecular complexity index is 855. The minimum atomic E-state index is -5.69. The van der Waals surface area contributed by atoms with E-state index in [9.17, 15) is 21.6 Å². The third-order valence-electron chi connectivity index (χ3n) is 3.88. The van der Waals surface area contributed by atoms with Crippen molar-refractivity contribution in [3.8, 4) is 5.75 Å². The third-order valence-corrected chi connectivity index (χ3v) is 4.86. The van der Waals surface area contributed by atoms with E-state index in [4.69, 9.17) is 4.74 Å². The van der Waals surface area contributed by atoms with Crippen LogP contribution in [-0.4, -0.2) is 36.7 Å². The van der Waals surface area contributed by atoms with Gasteiger partial charge in [-0.1, -0.05) is 0 Å². The molecule has 0 radical (unpaired) electrons. The smallest absolute Gasteiger partial charge is 0.381 e. The number of hydrogen-bond acceptors (Lipinski definition) is 5. The van der Waals surface area contributed by atoms with E-state index in [2.05, 4.69) is 9.17 Å². The van der Waals surface area contributed by atoms with E-state index in [-0.39, 0.29) is 6.04 Å². The molecule has 0 unspecified atom stereocenters. The molecule has 0 aliphatic carbocycles. The average Bonchev–Trinajstić information content (AvgIpc) is 2.81. The van der Waals surface area contributed by atoms with Gasteiger partial charge in [0.15, 0.2) is 0 Å². The van der Waals surface area contributed by atoms with E-state index in [0.29, 0.717) is 24.6 Å². The van der Waals surface area contributed by atoms with Crippen LogP contribution in [0.5, 0.6) is 5.75 Å². The number of aryl methyl sites for hydroxylation is 1. The first-order valence-corrected chi connectivity index (χ1v) is 8.67. The Kier molecular flexibility index (Phi) is 4.20. The number of nitrogens with zero attached hydrogens (tertiary/aromatic N) is 2. The largest absolute Gasteiger partial charge is 0.534 e. The Labute approximate surface area is 136 Å². The Morgan fingerprint density at radius 3 is 2.58 bits per heavy atom. The first-order valence-electron chi connectivity index (χ1n) is 7.26. The molecule has 1 fully saturated rings. The molecule has 3 rings (SSSR count). The van der Waals surface area contributed by atoms with Crippen LogP contribution in [0.1, 0.15) is 24.7 Å². The zero-order valence-corrected chi connectivity index (χ0v) is 13.5. The number of alkyl halides is 3. The summed E-state index contributed by atoms with van der Waals surface area (Å²) >= 11 is 0. The van der Waals surface area contributed by atoms with Crippen molar-refractivity contribution in [3.63, 3.8) is 0 Å². The normalized spacial score (nSPS) is 17.3. The Morgan fingerprint density at radius 1 is 1.29 bits per heavy atom. The van der Waals surface area contributed by atoms with Gasteiger partial charge in [0.1, 0.15) is 11.6 Å². The molecule has 2 heterocycles. The molecule has 0 atom stereocenters. The van der Waals surface area contributed by atoms with Gasteiger partial charge < -0.3 is 13.5 Å². The van der Waals surface area contributed by atoms with Gasteiger partial charge in [-0.3, -0.25) is 0 Å². The maximum absolute atomic E-state index is 12.4. The second-order valence-corrected chi connectivity index (χ2v) is 7.04. The molecular weight excluding hydrogens is 349 g/mol. The lowest BCUT2D eigenvalue weighted by atomic mass is 10.1. The molecule has 0 saturated carbocycles. The molecule has 0 bridgehead atoms. The third kappa shape index (κ3) is 3.07. The predicted octanol–water partition coefficient (Wildman–Crippen LogP) is 2.92. The summed E-state index contributed by atoms with van der Waals surface area (Å²) in [5.74, 6) is 0.282. The zero-order valence-electron chi connectivity index (χ0n) is 12.7. The van der Waals surface area contributed by atoms with E-state index >= 15 is 0 Å². The number of imidazole rings is 1. The van der Waals surface area contributed by atoms with Gasteiger partial charge in [-0.2, -0.15) is 21.6 Å². The number of benzene rings is 1. The van der Waals surface area contributed by atoms with Crippen LogP contribution in [0, 0.1) is 6.92 Å². The maximum Gasteiger partial charge on any atom is 0.534 e. The SMILES string of the molecule is Cc1nc2cc(OS(=O)(=O)C(F)(F)F)ccc2n1C1CCOCC1. The minimum Gasteiger partial charge on any atom is -0.381 e. The minimum absolute atomic E-state index is 0.189. The molecule has 1 aliphatic heterocycles. The van der Waals surface area contributed by atoms with Crippen LogP contribution in [0.25, 0.3) is 11.0 Å². The van der Waals surface area contributed by atoms with Crippen LogP contribution in [0.15, 0.2) is 18.2 Å². The first kappa shape index (κ1) is 17.0. The lowest BCUT2D eigenvalue weighted by Gasteiger charge is -2.25. The van der Waals surface area contributed by atoms with Gasteiger partial charge in [-0.25, -0.2) is 4.98 Å². The highest BCUT2D eigenvalue weighted by Gasteiger charge is 2.48. The van der Waals surface area contributed by atoms with Crippen molar-refractivity contribution in [2.24, 2.45) is 0 Å². The van der Waals surface area contributed by atoms with Gasteiger partial charge >= 0.3 is 15.6 Å². The molecule has 2 aromatic rings. The second-order valence-electron chi connectivity index (χ2n) is 5.51. The van der Waals surface area contributed by atoms with Crippen LogP contribution in [-0.2, 0) is 14.9 Å². The van der Waals surface area contributed by atoms with E-state index in [1.165, 1.54) is 18.2 Å². The van der Waals surface area contributed by atoms with Gasteiger partial charge in [-0.15, -0.1) is 0 Å². The second kappa shape index (κ2) is 5.92. The highest BCUT2D eigenvalue weighted by atomic mass is 32.2. The van der Waals surface area contributed by atoms with Gasteiger partial charge in [0.25, 0.3) is 0 Å². The number of halogens is 3. The highest BCUT2D eigenvalue weighted by molar-refractivity contribution is 7.88. The lowest BCUT2D eigenvalue weighted by Crippen LogP contribution is -2.28. The lowest BCUT2D eigenvalue weighted by molar-refractivity contribution is -0.0500. The average molecular weight is 364 g/mol. The molecule has 1 aromatic carbocycles. The standard InChI is InChI=1S/C14H15F3N2O4S/c1-9-18-12-8-11(23-24(20,21)14(15,16)17)2-3-13(12)19(9)10-4-6-22-7-5-10/h2-3,8,10H,4-7H2,1H3. The van der Waals surface area contributed by atoms with Crippen LogP contribution in [0.3, 0.4) is 0 Å². The van der Waals surface area contributed by atoms with Gasteiger partial charge in [0, 0.05) is 25.3 Å². The molecule has 1 aromatic heterocycles. The summed E-state index contributed by atoms with van der Waals surface area (Å²) in [4.78, 5) is 4.31. The van der Waals surface area contributed by atoms with Gasteiger partial charge in [0.05, 0.1) is 11.0 Å². The van der Waals surface area contributed by atoms with Crippen molar-refractivity contribution in [1.29, 1.82) is 0 Å². The summed E-state index contributed by atoms with van der Waals surface area (Å²) in [6, 6.07) is 4.10. The summed E-state index contributed by atoms with van der Waals surface area (Å²) in [7, 11) is -5.69. The fourth-order valence-electron chi connectivity index (χ4n) is 2.83. The number of hydrogen-bond donors (Lipinski definition) is 0. The van der Waals surface area contributed by atoms with Crippen molar-refractivity contribution in [2.45, 2.75) is 31.3 Å². The molecule has 132 valence electrons. The quantitative estimate of drug-likeness (QED) is 0.619. The highest BCUT2D eigenvalue weighted by Crippen LogP contribution is 2.32. The van der Waals surface area contributed by atoms with E-state index in [0.717, 1.165) is 18.4 Å². The van der Waals surface area contributed by atoms with Crippen molar-refractivity contribution < 1.29 is 30.5 Å². The van der Waals surface area contributed by atoms with Gasteiger partial charge in [-0.05, 0) is 31.9 Å². The van der Waals surface area contributed by atoms with Crippen LogP contribution in [0.4, 0.5) is 13.2 Å². The van der Waals surface area contributed by atoms with Crippen LogP contribution in [0.2, 0.25) is 0 Å². The van der Waals surface area contributed by atoms with E-state index < -0.39 is 21.4 Å². The summed E-state index contributed by atoms with van der Waals surface area (Å²) in [6.07, 6.45) is 1.63. The number of ether oxygens (including phenoxy) is 1. The maximum atomic E-state index is 12.4. The summed E-state index contributed by atoms with van der Waals surface area (Å²) in [6.45, 7) is 3.06. The van der Waals surface area contributed by atoms with Gasteiger partial charge in [0.2, 0.25) is 0 Å². The number of rotatable bonds is 3. The Morgan fingerprint density at radius 2 is 1.96 bits per heavy atom. The van der Waals surface area contributed by atoms with Crippen molar-refractivity contribution in [3.05, 3.63) is 24.0 Å². The van der Waals surface area contributed by atoms with Crippen molar-refractivity contribution in [2.75, 3.05) is 13.2 Å². The Hall–Kier alpha value is -1.81. The van der Waals surface area contributed by atoms with E-state index in [1.807, 2.05) is 4.57 Å². The summed E-state index contributed by atoms with van der Waals surface area (Å²) in [5.41, 5.74) is -4.37. The summed E-state index contributed by atoms with van der Waals surface area (Å²) in [5, 5.41) is 0. The Balaban J connectivity index is 1.96. The molecule has 1 aliphatic rings. The van der Waals surface area contributed by atoms with E-state index in [1.54, 1.807) is 6.92 Å². The summed E-state index contributed by atoms with van der Waals surface area (Å²) < 4.78 is 70.9. The molecule has 0 spiro atoms. The fourth-order valence-corrected chi connectivity index (χ4v) is 3.28. The van der Waals surface area contributed by atoms with Crippen LogP contribution >= 0.6 is 0 Å². The molecule has 6 nitrogen and oxygen atoms in total. The molecule has 1 saturated heterocycles. The number of aromatic nitrogens is 2. The van der Waals surface area contributed by atoms with Crippen LogP contribution < -0.4 is 4.18 Å². The molecule has 0 N–H and O–H groups in total. The monoisotopic (exact) mass is 364 g/mol. The first-order chi connectivity index (χ1) is 11.2. The predicted molar refractivity (Wildman–Crippen MR) is 79.2 cm³/mol. The molecule has 10 heteroatoms. The number of fused-ring (bicyclic) bond motifs is 1.